The van der Waals surface area contributed by atoms with E-state index in [1.165, 1.54) is 0 Å². The van der Waals surface area contributed by atoms with Crippen LogP contribution in [0.25, 0.3) is 5.70 Å². The number of carbonyl (C=O) groups excluding carboxylic acids is 1. The molecule has 1 heterocycles. The Bertz CT molecular complexity index is 826. The standard InChI is InChI=1S/C20H21N3OS/c1-13(24)17-18(14-7-5-4-6-8-14)21-20(25)22-19(17)15-9-11-16(12-10-15)23(2)3/h4-12,19H,1-3H3,(H2,21,22,25). The molecule has 0 fully saturated rings. The lowest BCUT2D eigenvalue weighted by Crippen LogP contribution is -2.44. The van der Waals surface area contributed by atoms with Crippen molar-refractivity contribution in [1.82, 2.24) is 10.6 Å². The monoisotopic (exact) mass is 351 g/mol. The number of nitrogens with one attached hydrogen (secondary N) is 2. The van der Waals surface area contributed by atoms with Crippen LogP contribution in [0.15, 0.2) is 60.2 Å². The van der Waals surface area contributed by atoms with E-state index < -0.39 is 0 Å². The molecule has 0 bridgehead atoms. The van der Waals surface area contributed by atoms with Crippen molar-refractivity contribution in [2.75, 3.05) is 19.0 Å². The van der Waals surface area contributed by atoms with Gasteiger partial charge >= 0.3 is 0 Å². The lowest BCUT2D eigenvalue weighted by Gasteiger charge is -2.31. The molecule has 25 heavy (non-hydrogen) atoms. The number of hydrogen-bond acceptors (Lipinski definition) is 3. The first-order valence-corrected chi connectivity index (χ1v) is 8.53. The molecule has 4 nitrogen and oxygen atoms in total. The largest absolute Gasteiger partial charge is 0.378 e. The minimum Gasteiger partial charge on any atom is -0.378 e. The van der Waals surface area contributed by atoms with E-state index in [0.717, 1.165) is 22.5 Å². The van der Waals surface area contributed by atoms with Crippen LogP contribution in [0.3, 0.4) is 0 Å². The summed E-state index contributed by atoms with van der Waals surface area (Å²) in [6.07, 6.45) is 0. The Labute approximate surface area is 153 Å². The number of benzene rings is 2. The van der Waals surface area contributed by atoms with Crippen molar-refractivity contribution in [3.05, 3.63) is 71.3 Å². The number of anilines is 1. The maximum absolute atomic E-state index is 12.5. The van der Waals surface area contributed by atoms with Crippen molar-refractivity contribution in [2.45, 2.75) is 13.0 Å². The zero-order chi connectivity index (χ0) is 18.0. The second kappa shape index (κ2) is 7.07. The first-order valence-electron chi connectivity index (χ1n) is 8.12. The van der Waals surface area contributed by atoms with Gasteiger partial charge in [-0.25, -0.2) is 0 Å². The SMILES string of the molecule is CC(=O)C1=C(c2ccccc2)NC(=S)NC1c1ccc(N(C)C)cc1. The molecule has 0 aromatic heterocycles. The quantitative estimate of drug-likeness (QED) is 0.828. The Morgan fingerprint density at radius 3 is 2.24 bits per heavy atom. The van der Waals surface area contributed by atoms with Crippen molar-refractivity contribution in [3.63, 3.8) is 0 Å². The number of thiocarbonyl (C=S) groups is 1. The number of carbonyl (C=O) groups is 1. The van der Waals surface area contributed by atoms with Crippen molar-refractivity contribution < 1.29 is 4.79 Å². The molecule has 5 heteroatoms. The van der Waals surface area contributed by atoms with Gasteiger partial charge in [0.2, 0.25) is 0 Å². The molecular weight excluding hydrogens is 330 g/mol. The second-order valence-electron chi connectivity index (χ2n) is 6.23. The molecule has 2 N–H and O–H groups in total. The van der Waals surface area contributed by atoms with Gasteiger partial charge in [-0.3, -0.25) is 4.79 Å². The average Bonchev–Trinajstić information content (AvgIpc) is 2.61. The molecule has 0 saturated carbocycles. The first-order chi connectivity index (χ1) is 12.0. The Hall–Kier alpha value is -2.66. The van der Waals surface area contributed by atoms with E-state index in [4.69, 9.17) is 12.2 Å². The Morgan fingerprint density at radius 1 is 1.04 bits per heavy atom. The Balaban J connectivity index is 2.10. The summed E-state index contributed by atoms with van der Waals surface area (Å²) in [5, 5.41) is 6.92. The van der Waals surface area contributed by atoms with E-state index in [-0.39, 0.29) is 11.8 Å². The Morgan fingerprint density at radius 2 is 1.68 bits per heavy atom. The lowest BCUT2D eigenvalue weighted by atomic mass is 9.90. The maximum atomic E-state index is 12.5. The van der Waals surface area contributed by atoms with Crippen molar-refractivity contribution in [2.24, 2.45) is 0 Å². The highest BCUT2D eigenvalue weighted by Crippen LogP contribution is 2.32. The zero-order valence-electron chi connectivity index (χ0n) is 14.5. The first kappa shape index (κ1) is 17.2. The highest BCUT2D eigenvalue weighted by Gasteiger charge is 2.30. The average molecular weight is 351 g/mol. The minimum absolute atomic E-state index is 0.0167. The number of hydrogen-bond donors (Lipinski definition) is 2. The van der Waals surface area contributed by atoms with Crippen molar-refractivity contribution in [3.8, 4) is 0 Å². The molecular formula is C20H21N3OS. The minimum atomic E-state index is -0.266. The summed E-state index contributed by atoms with van der Waals surface area (Å²) in [5.41, 5.74) is 4.53. The van der Waals surface area contributed by atoms with Crippen LogP contribution >= 0.6 is 12.2 Å². The number of Topliss-reactive ketones (excluding diaryl/α,β-unsaturated/α-hetero) is 1. The number of ketones is 1. The summed E-state index contributed by atoms with van der Waals surface area (Å²) < 4.78 is 0. The fraction of sp³-hybridized carbons (Fsp3) is 0.200. The van der Waals surface area contributed by atoms with Gasteiger partial charge < -0.3 is 15.5 Å². The van der Waals surface area contributed by atoms with Gasteiger partial charge in [-0.05, 0) is 42.4 Å². The molecule has 1 atom stereocenters. The van der Waals surface area contributed by atoms with Crippen molar-refractivity contribution >= 4 is 34.5 Å². The van der Waals surface area contributed by atoms with Crippen LogP contribution in [-0.2, 0) is 4.79 Å². The van der Waals surface area contributed by atoms with Crippen molar-refractivity contribution in [1.29, 1.82) is 0 Å². The molecule has 1 aliphatic heterocycles. The van der Waals surface area contributed by atoms with Gasteiger partial charge in [-0.1, -0.05) is 42.5 Å². The molecule has 0 aliphatic carbocycles. The second-order valence-corrected chi connectivity index (χ2v) is 6.64. The van der Waals surface area contributed by atoms with Crippen LogP contribution in [0, 0.1) is 0 Å². The lowest BCUT2D eigenvalue weighted by molar-refractivity contribution is -0.113. The van der Waals surface area contributed by atoms with Crippen LogP contribution in [-0.4, -0.2) is 25.0 Å². The van der Waals surface area contributed by atoms with E-state index in [9.17, 15) is 4.79 Å². The van der Waals surface area contributed by atoms with Gasteiger partial charge in [0.1, 0.15) is 0 Å². The van der Waals surface area contributed by atoms with Gasteiger partial charge in [0.25, 0.3) is 0 Å². The van der Waals surface area contributed by atoms with Crippen LogP contribution in [0.1, 0.15) is 24.1 Å². The highest BCUT2D eigenvalue weighted by molar-refractivity contribution is 7.80. The summed E-state index contributed by atoms with van der Waals surface area (Å²) in [5.74, 6) is 0.0167. The molecule has 2 aromatic rings. The highest BCUT2D eigenvalue weighted by atomic mass is 32.1. The van der Waals surface area contributed by atoms with E-state index in [1.54, 1.807) is 6.92 Å². The van der Waals surface area contributed by atoms with Gasteiger partial charge in [0, 0.05) is 25.4 Å². The molecule has 0 amide bonds. The van der Waals surface area contributed by atoms with Crippen LogP contribution < -0.4 is 15.5 Å². The molecule has 1 aliphatic rings. The predicted molar refractivity (Wildman–Crippen MR) is 106 cm³/mol. The topological polar surface area (TPSA) is 44.4 Å². The van der Waals surface area contributed by atoms with Gasteiger partial charge in [0.05, 0.1) is 11.7 Å². The maximum Gasteiger partial charge on any atom is 0.171 e. The fourth-order valence-electron chi connectivity index (χ4n) is 2.99. The van der Waals surface area contributed by atoms with E-state index >= 15 is 0 Å². The fourth-order valence-corrected chi connectivity index (χ4v) is 3.21. The third kappa shape index (κ3) is 3.56. The number of nitrogens with zero attached hydrogens (tertiary/aromatic N) is 1. The molecule has 2 aromatic carbocycles. The molecule has 128 valence electrons. The summed E-state index contributed by atoms with van der Waals surface area (Å²) in [6, 6.07) is 17.7. The smallest absolute Gasteiger partial charge is 0.171 e. The summed E-state index contributed by atoms with van der Waals surface area (Å²) in [6.45, 7) is 1.59. The summed E-state index contributed by atoms with van der Waals surface area (Å²) >= 11 is 5.39. The molecule has 1 unspecified atom stereocenters. The van der Waals surface area contributed by atoms with E-state index in [2.05, 4.69) is 10.6 Å². The zero-order valence-corrected chi connectivity index (χ0v) is 15.4. The molecule has 0 radical (unpaired) electrons. The van der Waals surface area contributed by atoms with E-state index in [1.807, 2.05) is 73.6 Å². The third-order valence-corrected chi connectivity index (χ3v) is 4.48. The summed E-state index contributed by atoms with van der Waals surface area (Å²) in [7, 11) is 4.00. The van der Waals surface area contributed by atoms with Crippen LogP contribution in [0.5, 0.6) is 0 Å². The van der Waals surface area contributed by atoms with Crippen LogP contribution in [0.4, 0.5) is 5.69 Å². The third-order valence-electron chi connectivity index (χ3n) is 4.26. The van der Waals surface area contributed by atoms with Gasteiger partial charge in [0.15, 0.2) is 10.9 Å². The number of rotatable bonds is 4. The van der Waals surface area contributed by atoms with Crippen LogP contribution in [0.2, 0.25) is 0 Å². The normalized spacial score (nSPS) is 16.9. The summed E-state index contributed by atoms with van der Waals surface area (Å²) in [4.78, 5) is 14.5. The van der Waals surface area contributed by atoms with E-state index in [0.29, 0.717) is 10.7 Å². The van der Waals surface area contributed by atoms with Gasteiger partial charge in [-0.2, -0.15) is 0 Å². The molecule has 3 rings (SSSR count). The Kier molecular flexibility index (Phi) is 4.86. The van der Waals surface area contributed by atoms with Gasteiger partial charge in [-0.15, -0.1) is 0 Å². The molecule has 0 saturated heterocycles. The predicted octanol–water partition coefficient (Wildman–Crippen LogP) is 3.27. The molecule has 0 spiro atoms.